The molecule has 1 atom stereocenters. The molecule has 8 heteroatoms. The van der Waals surface area contributed by atoms with E-state index in [1.54, 1.807) is 6.20 Å². The molecule has 2 heterocycles. The van der Waals surface area contributed by atoms with E-state index in [1.807, 2.05) is 46.1 Å². The van der Waals surface area contributed by atoms with Crippen molar-refractivity contribution in [3.05, 3.63) is 48.3 Å². The predicted molar refractivity (Wildman–Crippen MR) is 97.6 cm³/mol. The average molecular weight is 373 g/mol. The molecule has 0 spiro atoms. The van der Waals surface area contributed by atoms with Crippen LogP contribution >= 0.6 is 24.8 Å². The maximum absolute atomic E-state index is 12.4. The van der Waals surface area contributed by atoms with Gasteiger partial charge in [0.1, 0.15) is 0 Å². The normalized spacial score (nSPS) is 16.8. The minimum atomic E-state index is -0.0102. The summed E-state index contributed by atoms with van der Waals surface area (Å²) in [7, 11) is 0. The Labute approximate surface area is 153 Å². The number of hydrogen-bond acceptors (Lipinski definition) is 4. The Kier molecular flexibility index (Phi) is 8.04. The van der Waals surface area contributed by atoms with Gasteiger partial charge in [-0.2, -0.15) is 5.10 Å². The van der Waals surface area contributed by atoms with E-state index in [0.717, 1.165) is 5.56 Å². The number of amides is 1. The highest BCUT2D eigenvalue weighted by Gasteiger charge is 2.24. The molecular weight excluding hydrogens is 351 g/mol. The van der Waals surface area contributed by atoms with Crippen LogP contribution in [-0.2, 0) is 22.5 Å². The summed E-state index contributed by atoms with van der Waals surface area (Å²) in [6.45, 7) is 2.48. The van der Waals surface area contributed by atoms with Crippen LogP contribution in [0.4, 0.5) is 5.69 Å². The maximum atomic E-state index is 12.4. The highest BCUT2D eigenvalue weighted by atomic mass is 35.5. The molecule has 1 saturated heterocycles. The van der Waals surface area contributed by atoms with Gasteiger partial charge in [-0.1, -0.05) is 12.1 Å². The lowest BCUT2D eigenvalue weighted by Crippen LogP contribution is -2.47. The molecule has 1 aromatic carbocycles. The molecule has 1 fully saturated rings. The van der Waals surface area contributed by atoms with Gasteiger partial charge in [-0.15, -0.1) is 24.8 Å². The van der Waals surface area contributed by atoms with Crippen LogP contribution in [0.25, 0.3) is 0 Å². The smallest absolute Gasteiger partial charge is 0.227 e. The van der Waals surface area contributed by atoms with E-state index in [0.29, 0.717) is 38.3 Å². The predicted octanol–water partition coefficient (Wildman–Crippen LogP) is 1.78. The van der Waals surface area contributed by atoms with Crippen molar-refractivity contribution in [1.29, 1.82) is 0 Å². The Hall–Kier alpha value is -1.76. The first-order valence-electron chi connectivity index (χ1n) is 7.42. The number of carbonyl (C=O) groups excluding carboxylic acids is 1. The number of benzene rings is 1. The first-order valence-corrected chi connectivity index (χ1v) is 7.42. The van der Waals surface area contributed by atoms with Gasteiger partial charge in [0, 0.05) is 31.2 Å². The van der Waals surface area contributed by atoms with Crippen molar-refractivity contribution < 1.29 is 9.53 Å². The molecule has 1 aliphatic heterocycles. The summed E-state index contributed by atoms with van der Waals surface area (Å²) in [4.78, 5) is 14.3. The number of nitrogens with two attached hydrogens (primary N) is 1. The third kappa shape index (κ3) is 5.40. The van der Waals surface area contributed by atoms with E-state index in [4.69, 9.17) is 10.5 Å². The summed E-state index contributed by atoms with van der Waals surface area (Å²) in [5, 5.41) is 4.18. The molecule has 24 heavy (non-hydrogen) atoms. The Balaban J connectivity index is 0.00000144. The van der Waals surface area contributed by atoms with Gasteiger partial charge in [-0.25, -0.2) is 0 Å². The lowest BCUT2D eigenvalue weighted by Gasteiger charge is -2.33. The maximum Gasteiger partial charge on any atom is 0.227 e. The molecule has 3 rings (SSSR count). The molecule has 1 unspecified atom stereocenters. The minimum absolute atomic E-state index is 0. The zero-order chi connectivity index (χ0) is 15.4. The van der Waals surface area contributed by atoms with Gasteiger partial charge in [-0.05, 0) is 23.8 Å². The van der Waals surface area contributed by atoms with Crippen LogP contribution in [0, 0.1) is 0 Å². The van der Waals surface area contributed by atoms with Gasteiger partial charge in [0.2, 0.25) is 5.91 Å². The lowest BCUT2D eigenvalue weighted by molar-refractivity contribution is -0.138. The van der Waals surface area contributed by atoms with Crippen LogP contribution in [-0.4, -0.2) is 46.4 Å². The fourth-order valence-electron chi connectivity index (χ4n) is 2.60. The van der Waals surface area contributed by atoms with Crippen molar-refractivity contribution in [2.24, 2.45) is 0 Å². The molecule has 0 aliphatic carbocycles. The number of aromatic nitrogens is 2. The van der Waals surface area contributed by atoms with Crippen LogP contribution < -0.4 is 5.73 Å². The molecule has 2 aromatic rings. The van der Waals surface area contributed by atoms with E-state index in [-0.39, 0.29) is 36.8 Å². The summed E-state index contributed by atoms with van der Waals surface area (Å²) in [5.74, 6) is 0.124. The average Bonchev–Trinajstić information content (AvgIpc) is 3.03. The lowest BCUT2D eigenvalue weighted by atomic mass is 10.1. The highest BCUT2D eigenvalue weighted by Crippen LogP contribution is 2.11. The van der Waals surface area contributed by atoms with Crippen LogP contribution in [0.1, 0.15) is 5.56 Å². The fraction of sp³-hybridized carbons (Fsp3) is 0.375. The molecule has 6 nitrogen and oxygen atoms in total. The van der Waals surface area contributed by atoms with E-state index in [1.165, 1.54) is 0 Å². The van der Waals surface area contributed by atoms with Crippen molar-refractivity contribution in [2.45, 2.75) is 19.1 Å². The number of halogens is 2. The molecular formula is C16H22Cl2N4O2. The standard InChI is InChI=1S/C16H20N4O2.2ClH/c17-14-4-2-13(3-5-14)10-16(21)19-8-9-22-15(11-19)12-20-7-1-6-18-20;;/h1-7,15H,8-12,17H2;2*1H. The second-order valence-corrected chi connectivity index (χ2v) is 5.48. The summed E-state index contributed by atoms with van der Waals surface area (Å²) < 4.78 is 7.56. The molecule has 0 radical (unpaired) electrons. The summed E-state index contributed by atoms with van der Waals surface area (Å²) in [5.41, 5.74) is 7.35. The number of rotatable bonds is 4. The molecule has 0 bridgehead atoms. The van der Waals surface area contributed by atoms with Gasteiger partial charge in [0.15, 0.2) is 0 Å². The minimum Gasteiger partial charge on any atom is -0.399 e. The summed E-state index contributed by atoms with van der Waals surface area (Å²) in [6, 6.07) is 9.32. The first kappa shape index (κ1) is 20.3. The zero-order valence-electron chi connectivity index (χ0n) is 13.2. The van der Waals surface area contributed by atoms with E-state index in [9.17, 15) is 4.79 Å². The number of anilines is 1. The Bertz CT molecular complexity index is 620. The Morgan fingerprint density at radius 3 is 2.71 bits per heavy atom. The van der Waals surface area contributed by atoms with E-state index >= 15 is 0 Å². The molecule has 2 N–H and O–H groups in total. The Morgan fingerprint density at radius 1 is 1.29 bits per heavy atom. The van der Waals surface area contributed by atoms with Gasteiger partial charge >= 0.3 is 0 Å². The van der Waals surface area contributed by atoms with Gasteiger partial charge in [-0.3, -0.25) is 9.48 Å². The van der Waals surface area contributed by atoms with Gasteiger partial charge in [0.05, 0.1) is 25.7 Å². The quantitative estimate of drug-likeness (QED) is 0.830. The largest absolute Gasteiger partial charge is 0.399 e. The van der Waals surface area contributed by atoms with Crippen molar-refractivity contribution >= 4 is 36.4 Å². The fourth-order valence-corrected chi connectivity index (χ4v) is 2.60. The molecule has 0 saturated carbocycles. The van der Waals surface area contributed by atoms with Crippen LogP contribution in [0.3, 0.4) is 0 Å². The van der Waals surface area contributed by atoms with E-state index in [2.05, 4.69) is 5.10 Å². The number of ether oxygens (including phenoxy) is 1. The number of carbonyl (C=O) groups is 1. The highest BCUT2D eigenvalue weighted by molar-refractivity contribution is 5.85. The monoisotopic (exact) mass is 372 g/mol. The van der Waals surface area contributed by atoms with Crippen LogP contribution in [0.5, 0.6) is 0 Å². The van der Waals surface area contributed by atoms with Crippen molar-refractivity contribution in [1.82, 2.24) is 14.7 Å². The van der Waals surface area contributed by atoms with Crippen molar-refractivity contribution in [2.75, 3.05) is 25.4 Å². The summed E-state index contributed by atoms with van der Waals surface area (Å²) in [6.07, 6.45) is 4.03. The van der Waals surface area contributed by atoms with E-state index < -0.39 is 0 Å². The van der Waals surface area contributed by atoms with Crippen LogP contribution in [0.15, 0.2) is 42.7 Å². The molecule has 1 aliphatic rings. The van der Waals surface area contributed by atoms with Crippen molar-refractivity contribution in [3.63, 3.8) is 0 Å². The third-order valence-electron chi connectivity index (χ3n) is 3.78. The number of hydrogen-bond donors (Lipinski definition) is 1. The van der Waals surface area contributed by atoms with Gasteiger partial charge in [0.25, 0.3) is 0 Å². The van der Waals surface area contributed by atoms with Gasteiger partial charge < -0.3 is 15.4 Å². The number of morpholine rings is 1. The Morgan fingerprint density at radius 2 is 2.04 bits per heavy atom. The van der Waals surface area contributed by atoms with Crippen molar-refractivity contribution in [3.8, 4) is 0 Å². The SMILES string of the molecule is Cl.Cl.Nc1ccc(CC(=O)N2CCOC(Cn3cccn3)C2)cc1. The first-order chi connectivity index (χ1) is 10.7. The number of nitrogens with zero attached hydrogens (tertiary/aromatic N) is 3. The topological polar surface area (TPSA) is 73.4 Å². The molecule has 132 valence electrons. The summed E-state index contributed by atoms with van der Waals surface area (Å²) >= 11 is 0. The van der Waals surface area contributed by atoms with Crippen LogP contribution in [0.2, 0.25) is 0 Å². The second-order valence-electron chi connectivity index (χ2n) is 5.48. The third-order valence-corrected chi connectivity index (χ3v) is 3.78. The second kappa shape index (κ2) is 9.52. The molecule has 1 aromatic heterocycles. The number of nitrogen functional groups attached to an aromatic ring is 1. The molecule has 1 amide bonds. The zero-order valence-corrected chi connectivity index (χ0v) is 14.8.